The summed E-state index contributed by atoms with van der Waals surface area (Å²) in [7, 11) is 1.42. The van der Waals surface area contributed by atoms with E-state index in [0.29, 0.717) is 10.4 Å². The largest absolute Gasteiger partial charge is 0.708 e. The van der Waals surface area contributed by atoms with Crippen LogP contribution in [-0.2, 0) is 0 Å². The number of nitrogens with zero attached hydrogens (tertiary/aromatic N) is 2. The van der Waals surface area contributed by atoms with Crippen LogP contribution in [0.3, 0.4) is 0 Å². The summed E-state index contributed by atoms with van der Waals surface area (Å²) < 4.78 is 5.52. The maximum atomic E-state index is 11.7. The molecule has 0 radical (unpaired) electrons. The van der Waals surface area contributed by atoms with E-state index < -0.39 is 0 Å². The Morgan fingerprint density at radius 2 is 1.93 bits per heavy atom. The highest BCUT2D eigenvalue weighted by atomic mass is 16.5. The van der Waals surface area contributed by atoms with Gasteiger partial charge in [-0.2, -0.15) is 4.73 Å². The average molecular weight is 202 g/mol. The molecule has 0 bridgehead atoms. The number of ether oxygens (including phenoxy) is 1. The average Bonchev–Trinajstić information content (AvgIpc) is 2.30. The standard InChI is InChI=1S/C11H10N2O2/c1-15-11-12-8-7-10(13(11)14)9-5-3-2-4-6-9/h2-8H,1H3. The predicted molar refractivity (Wildman–Crippen MR) is 55.2 cm³/mol. The Kier molecular flexibility index (Phi) is 2.49. The van der Waals surface area contributed by atoms with Gasteiger partial charge in [0.15, 0.2) is 0 Å². The fourth-order valence-corrected chi connectivity index (χ4v) is 1.35. The summed E-state index contributed by atoms with van der Waals surface area (Å²) in [4.78, 5) is 3.81. The zero-order chi connectivity index (χ0) is 10.7. The van der Waals surface area contributed by atoms with Crippen molar-refractivity contribution in [2.75, 3.05) is 7.11 Å². The van der Waals surface area contributed by atoms with Crippen molar-refractivity contribution in [2.24, 2.45) is 0 Å². The second-order valence-corrected chi connectivity index (χ2v) is 2.98. The van der Waals surface area contributed by atoms with Gasteiger partial charge in [0.1, 0.15) is 11.9 Å². The summed E-state index contributed by atoms with van der Waals surface area (Å²) in [5, 5.41) is 11.7. The first-order valence-electron chi connectivity index (χ1n) is 4.51. The van der Waals surface area contributed by atoms with Gasteiger partial charge in [0.25, 0.3) is 0 Å². The summed E-state index contributed by atoms with van der Waals surface area (Å²) in [6.45, 7) is 0. The van der Waals surface area contributed by atoms with Gasteiger partial charge in [0.2, 0.25) is 0 Å². The highest BCUT2D eigenvalue weighted by molar-refractivity contribution is 5.55. The Labute approximate surface area is 87.4 Å². The summed E-state index contributed by atoms with van der Waals surface area (Å²) in [5.41, 5.74) is 1.37. The van der Waals surface area contributed by atoms with Crippen molar-refractivity contribution in [2.45, 2.75) is 0 Å². The molecule has 0 spiro atoms. The first-order chi connectivity index (χ1) is 7.33. The number of hydrogen-bond donors (Lipinski definition) is 0. The molecule has 1 aromatic heterocycles. The van der Waals surface area contributed by atoms with Crippen LogP contribution in [0, 0.1) is 5.21 Å². The number of benzene rings is 1. The van der Waals surface area contributed by atoms with Gasteiger partial charge in [0, 0.05) is 11.6 Å². The number of methoxy groups -OCH3 is 1. The van der Waals surface area contributed by atoms with Gasteiger partial charge in [-0.25, -0.2) is 0 Å². The molecule has 76 valence electrons. The van der Waals surface area contributed by atoms with Crippen LogP contribution in [0.4, 0.5) is 0 Å². The van der Waals surface area contributed by atoms with E-state index in [1.807, 2.05) is 30.3 Å². The van der Waals surface area contributed by atoms with E-state index in [1.165, 1.54) is 7.11 Å². The molecular formula is C11H10N2O2. The van der Waals surface area contributed by atoms with E-state index in [9.17, 15) is 5.21 Å². The van der Waals surface area contributed by atoms with Gasteiger partial charge in [-0.15, -0.1) is 0 Å². The van der Waals surface area contributed by atoms with Crippen molar-refractivity contribution in [3.8, 4) is 17.3 Å². The molecule has 2 aromatic rings. The van der Waals surface area contributed by atoms with Crippen molar-refractivity contribution >= 4 is 0 Å². The molecule has 4 heteroatoms. The summed E-state index contributed by atoms with van der Waals surface area (Å²) >= 11 is 0. The van der Waals surface area contributed by atoms with E-state index in [2.05, 4.69) is 4.98 Å². The van der Waals surface area contributed by atoms with Crippen LogP contribution < -0.4 is 9.47 Å². The van der Waals surface area contributed by atoms with Crippen LogP contribution in [-0.4, -0.2) is 12.1 Å². The minimum atomic E-state index is 0.0522. The van der Waals surface area contributed by atoms with Crippen LogP contribution in [0.5, 0.6) is 6.01 Å². The Morgan fingerprint density at radius 3 is 2.60 bits per heavy atom. The lowest BCUT2D eigenvalue weighted by Crippen LogP contribution is -2.32. The number of rotatable bonds is 2. The van der Waals surface area contributed by atoms with Gasteiger partial charge in [-0.3, -0.25) is 0 Å². The first-order valence-corrected chi connectivity index (χ1v) is 4.51. The number of aromatic nitrogens is 2. The molecule has 0 fully saturated rings. The quantitative estimate of drug-likeness (QED) is 0.546. The van der Waals surface area contributed by atoms with Gasteiger partial charge >= 0.3 is 6.01 Å². The van der Waals surface area contributed by atoms with Crippen LogP contribution in [0.2, 0.25) is 0 Å². The fourth-order valence-electron chi connectivity index (χ4n) is 1.35. The molecule has 2 rings (SSSR count). The summed E-state index contributed by atoms with van der Waals surface area (Å²) in [6.07, 6.45) is 1.55. The second-order valence-electron chi connectivity index (χ2n) is 2.98. The van der Waals surface area contributed by atoms with E-state index in [0.717, 1.165) is 5.56 Å². The third-order valence-corrected chi connectivity index (χ3v) is 2.06. The van der Waals surface area contributed by atoms with Gasteiger partial charge < -0.3 is 9.94 Å². The maximum Gasteiger partial charge on any atom is 0.501 e. The van der Waals surface area contributed by atoms with Crippen LogP contribution in [0.15, 0.2) is 42.6 Å². The van der Waals surface area contributed by atoms with Gasteiger partial charge in [0.05, 0.1) is 7.11 Å². The highest BCUT2D eigenvalue weighted by Crippen LogP contribution is 2.15. The first kappa shape index (κ1) is 9.45. The third kappa shape index (κ3) is 1.74. The highest BCUT2D eigenvalue weighted by Gasteiger charge is 2.11. The fraction of sp³-hybridized carbons (Fsp3) is 0.0909. The Morgan fingerprint density at radius 1 is 1.20 bits per heavy atom. The lowest BCUT2D eigenvalue weighted by molar-refractivity contribution is -0.604. The van der Waals surface area contributed by atoms with Crippen molar-refractivity contribution in [3.05, 3.63) is 47.8 Å². The summed E-state index contributed by atoms with van der Waals surface area (Å²) in [5.74, 6) is 0. The van der Waals surface area contributed by atoms with Gasteiger partial charge in [-0.05, 0) is 4.98 Å². The lowest BCUT2D eigenvalue weighted by atomic mass is 10.1. The predicted octanol–water partition coefficient (Wildman–Crippen LogP) is 1.39. The van der Waals surface area contributed by atoms with Crippen LogP contribution >= 0.6 is 0 Å². The smallest absolute Gasteiger partial charge is 0.501 e. The molecule has 0 aliphatic heterocycles. The van der Waals surface area contributed by atoms with Crippen molar-refractivity contribution in [1.82, 2.24) is 4.98 Å². The maximum absolute atomic E-state index is 11.7. The normalized spacial score (nSPS) is 9.93. The lowest BCUT2D eigenvalue weighted by Gasteiger charge is -2.09. The summed E-state index contributed by atoms with van der Waals surface area (Å²) in [6, 6.07) is 11.1. The van der Waals surface area contributed by atoms with Crippen molar-refractivity contribution in [1.29, 1.82) is 0 Å². The van der Waals surface area contributed by atoms with Gasteiger partial charge in [-0.1, -0.05) is 30.3 Å². The minimum absolute atomic E-state index is 0.0522. The monoisotopic (exact) mass is 202 g/mol. The molecule has 1 aromatic carbocycles. The molecule has 0 unspecified atom stereocenters. The molecule has 0 atom stereocenters. The SMILES string of the molecule is COc1nccc(-c2ccccc2)[n+]1[O-]. The molecule has 4 nitrogen and oxygen atoms in total. The molecule has 15 heavy (non-hydrogen) atoms. The van der Waals surface area contributed by atoms with E-state index in [1.54, 1.807) is 12.3 Å². The molecule has 1 heterocycles. The topological polar surface area (TPSA) is 49.1 Å². The van der Waals surface area contributed by atoms with Crippen LogP contribution in [0.1, 0.15) is 0 Å². The van der Waals surface area contributed by atoms with E-state index >= 15 is 0 Å². The third-order valence-electron chi connectivity index (χ3n) is 2.06. The molecule has 0 amide bonds. The Hall–Kier alpha value is -2.10. The zero-order valence-corrected chi connectivity index (χ0v) is 8.25. The minimum Gasteiger partial charge on any atom is -0.708 e. The van der Waals surface area contributed by atoms with Crippen LogP contribution in [0.25, 0.3) is 11.3 Å². The van der Waals surface area contributed by atoms with E-state index in [-0.39, 0.29) is 6.01 Å². The van der Waals surface area contributed by atoms with E-state index in [4.69, 9.17) is 4.74 Å². The Balaban J connectivity index is 2.54. The zero-order valence-electron chi connectivity index (χ0n) is 8.25. The molecular weight excluding hydrogens is 192 g/mol. The molecule has 0 saturated heterocycles. The molecule has 0 N–H and O–H groups in total. The van der Waals surface area contributed by atoms with Crippen molar-refractivity contribution < 1.29 is 9.47 Å². The molecule has 0 aliphatic carbocycles. The Bertz CT molecular complexity index is 457. The number of hydrogen-bond acceptors (Lipinski definition) is 3. The molecule has 0 saturated carbocycles. The van der Waals surface area contributed by atoms with Crippen molar-refractivity contribution in [3.63, 3.8) is 0 Å². The second kappa shape index (κ2) is 3.96. The molecule has 0 aliphatic rings.